The Labute approximate surface area is 215 Å². The summed E-state index contributed by atoms with van der Waals surface area (Å²) in [6, 6.07) is 22.5. The molecule has 2 atom stereocenters. The lowest BCUT2D eigenvalue weighted by Gasteiger charge is -2.32. The third kappa shape index (κ3) is 8.02. The van der Waals surface area contributed by atoms with Crippen LogP contribution >= 0.6 is 15.9 Å². The number of hydrogen-bond donors (Lipinski definition) is 2. The van der Waals surface area contributed by atoms with Gasteiger partial charge in [0.25, 0.3) is 0 Å². The van der Waals surface area contributed by atoms with Crippen LogP contribution in [0.1, 0.15) is 24.8 Å². The van der Waals surface area contributed by atoms with E-state index in [1.54, 1.807) is 24.3 Å². The van der Waals surface area contributed by atoms with E-state index in [1.807, 2.05) is 54.6 Å². The molecule has 9 heteroatoms. The van der Waals surface area contributed by atoms with Crippen molar-refractivity contribution in [3.8, 4) is 11.1 Å². The number of rotatable bonds is 12. The first-order valence-electron chi connectivity index (χ1n) is 11.1. The van der Waals surface area contributed by atoms with Crippen LogP contribution in [0.5, 0.6) is 0 Å². The summed E-state index contributed by atoms with van der Waals surface area (Å²) in [7, 11) is 0. The number of halogens is 1. The van der Waals surface area contributed by atoms with Gasteiger partial charge in [0.05, 0.1) is 6.42 Å². The molecule has 0 fully saturated rings. The Morgan fingerprint density at radius 2 is 1.54 bits per heavy atom. The summed E-state index contributed by atoms with van der Waals surface area (Å²) >= 11 is 0.623. The maximum absolute atomic E-state index is 12.0. The molecule has 0 spiro atoms. The van der Waals surface area contributed by atoms with E-state index >= 15 is 0 Å². The van der Waals surface area contributed by atoms with Gasteiger partial charge in [-0.05, 0) is 60.2 Å². The molecule has 3 aromatic rings. The molecule has 1 amide bonds. The first-order chi connectivity index (χ1) is 16.8. The van der Waals surface area contributed by atoms with E-state index in [4.69, 9.17) is 0 Å². The number of nitrogens with zero attached hydrogens (tertiary/aromatic N) is 1. The molecule has 0 saturated heterocycles. The van der Waals surface area contributed by atoms with Crippen molar-refractivity contribution in [2.75, 3.05) is 10.8 Å². The van der Waals surface area contributed by atoms with Crippen LogP contribution in [-0.4, -0.2) is 38.3 Å². The number of hydrogen-bond acceptors (Lipinski definition) is 4. The van der Waals surface area contributed by atoms with E-state index in [0.29, 0.717) is 19.4 Å². The second-order valence-electron chi connectivity index (χ2n) is 7.96. The van der Waals surface area contributed by atoms with Crippen LogP contribution in [-0.2, 0) is 27.3 Å². The third-order valence-corrected chi connectivity index (χ3v) is 6.78. The minimum atomic E-state index is -2.77. The molecule has 7 nitrogen and oxygen atoms in total. The number of aliphatic carboxylic acids is 1. The molecule has 0 radical (unpaired) electrons. The SMILES string of the molecule is O=C(Cc1ccccc1)NCCCCC(C(=O)O)N(c1ccc(-c2ccc(Br)cc2)cc1)S(=O)[O-]. The lowest BCUT2D eigenvalue weighted by atomic mass is 10.0. The highest BCUT2D eigenvalue weighted by Crippen LogP contribution is 2.27. The van der Waals surface area contributed by atoms with Crippen LogP contribution < -0.4 is 9.62 Å². The first-order valence-corrected chi connectivity index (χ1v) is 13.0. The number of carbonyl (C=O) groups is 2. The lowest BCUT2D eigenvalue weighted by Crippen LogP contribution is -2.42. The van der Waals surface area contributed by atoms with E-state index in [1.165, 1.54) is 0 Å². The van der Waals surface area contributed by atoms with Crippen molar-refractivity contribution in [2.24, 2.45) is 0 Å². The van der Waals surface area contributed by atoms with Gasteiger partial charge in [0.15, 0.2) is 0 Å². The zero-order chi connectivity index (χ0) is 25.2. The lowest BCUT2D eigenvalue weighted by molar-refractivity contribution is -0.138. The van der Waals surface area contributed by atoms with Gasteiger partial charge in [0, 0.05) is 28.0 Å². The minimum absolute atomic E-state index is 0.112. The van der Waals surface area contributed by atoms with Gasteiger partial charge in [-0.2, -0.15) is 0 Å². The molecule has 0 aliphatic heterocycles. The molecule has 0 heterocycles. The van der Waals surface area contributed by atoms with Gasteiger partial charge in [0.2, 0.25) is 5.91 Å². The summed E-state index contributed by atoms with van der Waals surface area (Å²) in [6.07, 6.45) is 1.36. The van der Waals surface area contributed by atoms with Gasteiger partial charge in [-0.25, -0.2) is 4.79 Å². The summed E-state index contributed by atoms with van der Waals surface area (Å²) in [6.45, 7) is 0.389. The van der Waals surface area contributed by atoms with Gasteiger partial charge >= 0.3 is 5.97 Å². The van der Waals surface area contributed by atoms with Crippen molar-refractivity contribution in [3.63, 3.8) is 0 Å². The second kappa shape index (κ2) is 13.2. The Bertz CT molecular complexity index is 1140. The molecule has 3 aromatic carbocycles. The molecule has 35 heavy (non-hydrogen) atoms. The number of nitrogens with one attached hydrogen (secondary N) is 1. The number of anilines is 1. The Morgan fingerprint density at radius 1 is 0.943 bits per heavy atom. The molecule has 2 unspecified atom stereocenters. The van der Waals surface area contributed by atoms with Crippen molar-refractivity contribution < 1.29 is 23.5 Å². The molecule has 0 saturated carbocycles. The van der Waals surface area contributed by atoms with E-state index in [2.05, 4.69) is 21.2 Å². The second-order valence-corrected chi connectivity index (χ2v) is 9.70. The van der Waals surface area contributed by atoms with Crippen LogP contribution in [0.25, 0.3) is 11.1 Å². The number of unbranched alkanes of at least 4 members (excludes halogenated alkanes) is 1. The van der Waals surface area contributed by atoms with Crippen molar-refractivity contribution in [1.29, 1.82) is 0 Å². The predicted molar refractivity (Wildman–Crippen MR) is 139 cm³/mol. The highest BCUT2D eigenvalue weighted by atomic mass is 79.9. The summed E-state index contributed by atoms with van der Waals surface area (Å²) in [4.78, 5) is 24.0. The van der Waals surface area contributed by atoms with Crippen molar-refractivity contribution in [2.45, 2.75) is 31.7 Å². The van der Waals surface area contributed by atoms with Gasteiger partial charge in [-0.3, -0.25) is 13.3 Å². The molecule has 0 aliphatic rings. The maximum Gasteiger partial charge on any atom is 0.327 e. The Hall–Kier alpha value is -3.01. The number of benzene rings is 3. The first kappa shape index (κ1) is 26.6. The van der Waals surface area contributed by atoms with Crippen molar-refractivity contribution in [1.82, 2.24) is 5.32 Å². The quantitative estimate of drug-likeness (QED) is 0.248. The number of carbonyl (C=O) groups excluding carboxylic acids is 1. The van der Waals surface area contributed by atoms with Gasteiger partial charge in [-0.1, -0.05) is 70.5 Å². The summed E-state index contributed by atoms with van der Waals surface area (Å²) in [5.41, 5.74) is 3.04. The van der Waals surface area contributed by atoms with E-state index in [9.17, 15) is 23.5 Å². The van der Waals surface area contributed by atoms with E-state index in [0.717, 1.165) is 25.5 Å². The molecule has 0 aliphatic carbocycles. The molecule has 0 aromatic heterocycles. The third-order valence-electron chi connectivity index (χ3n) is 5.46. The predicted octanol–water partition coefficient (Wildman–Crippen LogP) is 4.70. The number of amides is 1. The Kier molecular flexibility index (Phi) is 10.0. The van der Waals surface area contributed by atoms with Crippen LogP contribution in [0.2, 0.25) is 0 Å². The molecule has 3 rings (SSSR count). The fraction of sp³-hybridized carbons (Fsp3) is 0.231. The minimum Gasteiger partial charge on any atom is -0.755 e. The zero-order valence-corrected chi connectivity index (χ0v) is 21.3. The summed E-state index contributed by atoms with van der Waals surface area (Å²) < 4.78 is 25.8. The van der Waals surface area contributed by atoms with Gasteiger partial charge in [-0.15, -0.1) is 0 Å². The average molecular weight is 558 g/mol. The normalized spacial score (nSPS) is 12.5. The van der Waals surface area contributed by atoms with Crippen LogP contribution in [0, 0.1) is 0 Å². The fourth-order valence-corrected chi connectivity index (χ4v) is 4.65. The summed E-state index contributed by atoms with van der Waals surface area (Å²) in [5.74, 6) is -1.33. The molecular formula is C26H26BrN2O5S-. The van der Waals surface area contributed by atoms with Gasteiger partial charge in [0.1, 0.15) is 6.04 Å². The topological polar surface area (TPSA) is 110 Å². The smallest absolute Gasteiger partial charge is 0.327 e. The number of carboxylic acids is 1. The van der Waals surface area contributed by atoms with E-state index in [-0.39, 0.29) is 24.4 Å². The maximum atomic E-state index is 12.0. The monoisotopic (exact) mass is 557 g/mol. The largest absolute Gasteiger partial charge is 0.755 e. The standard InChI is InChI=1S/C26H27BrN2O5S/c27-22-13-9-20(10-14-22)21-11-15-23(16-12-21)29(35(33)34)24(26(31)32)8-4-5-17-28-25(30)18-19-6-2-1-3-7-19/h1-3,6-7,9-16,24H,4-5,8,17-18H2,(H,28,30)(H,31,32)(H,33,34)/p-1. The molecular weight excluding hydrogens is 532 g/mol. The highest BCUT2D eigenvalue weighted by Gasteiger charge is 2.26. The zero-order valence-electron chi connectivity index (χ0n) is 18.9. The fourth-order valence-electron chi connectivity index (χ4n) is 3.69. The Balaban J connectivity index is 1.57. The number of carboxylic acid groups (broad SMARTS) is 1. The van der Waals surface area contributed by atoms with Crippen LogP contribution in [0.15, 0.2) is 83.3 Å². The Morgan fingerprint density at radius 3 is 2.11 bits per heavy atom. The van der Waals surface area contributed by atoms with Crippen molar-refractivity contribution >= 4 is 44.8 Å². The van der Waals surface area contributed by atoms with Crippen LogP contribution in [0.4, 0.5) is 5.69 Å². The van der Waals surface area contributed by atoms with Crippen LogP contribution in [0.3, 0.4) is 0 Å². The summed E-state index contributed by atoms with van der Waals surface area (Å²) in [5, 5.41) is 12.6. The highest BCUT2D eigenvalue weighted by molar-refractivity contribution is 9.10. The molecule has 184 valence electrons. The van der Waals surface area contributed by atoms with Crippen molar-refractivity contribution in [3.05, 3.63) is 88.9 Å². The molecule has 2 N–H and O–H groups in total. The average Bonchev–Trinajstić information content (AvgIpc) is 2.84. The van der Waals surface area contributed by atoms with E-state index < -0.39 is 23.3 Å². The van der Waals surface area contributed by atoms with Gasteiger partial charge < -0.3 is 15.0 Å². The molecule has 0 bridgehead atoms.